The molecule has 0 fully saturated rings. The molecule has 0 spiro atoms. The Morgan fingerprint density at radius 1 is 0.306 bits per heavy atom. The molecule has 0 aliphatic rings. The van der Waals surface area contributed by atoms with Crippen molar-refractivity contribution in [3.63, 3.8) is 0 Å². The first kappa shape index (κ1) is 46.2. The monoisotopic (exact) mass is 1200 g/mol. The van der Waals surface area contributed by atoms with E-state index in [1.807, 2.05) is 72.8 Å². The Kier molecular flexibility index (Phi) is 17.3. The zero-order chi connectivity index (χ0) is 40.9. The SMILES string of the molecule is [Au+].[Au+].[C-]#Cc1c2ccccc2cc2ccccc12.[C-]#Cc1cc2ccccc2c2ccccc12.c1ccc([PH+](CC[PH+](c2ccccc2)c2ccccc2)c2ccccc2)cc1. The molecule has 4 heteroatoms. The largest absolute Gasteiger partial charge is 1.00 e. The topological polar surface area (TPSA) is 0 Å². The van der Waals surface area contributed by atoms with Gasteiger partial charge < -0.3 is 12.8 Å². The Balaban J connectivity index is 0.000000162. The molecule has 0 saturated carbocycles. The van der Waals surface area contributed by atoms with Gasteiger partial charge in [0.1, 0.15) is 12.3 Å². The van der Waals surface area contributed by atoms with Crippen molar-refractivity contribution in [2.45, 2.75) is 0 Å². The Morgan fingerprint density at radius 2 is 0.613 bits per heavy atom. The van der Waals surface area contributed by atoms with Crippen LogP contribution in [0.1, 0.15) is 11.1 Å². The molecule has 0 saturated heterocycles. The average Bonchev–Trinajstić information content (AvgIpc) is 3.33. The van der Waals surface area contributed by atoms with E-state index in [4.69, 9.17) is 12.8 Å². The van der Waals surface area contributed by atoms with Gasteiger partial charge in [0.05, 0.1) is 37.1 Å². The summed E-state index contributed by atoms with van der Waals surface area (Å²) >= 11 is 0. The Bertz CT molecular complexity index is 2830. The van der Waals surface area contributed by atoms with Gasteiger partial charge in [-0.25, -0.2) is 0 Å². The third-order valence-electron chi connectivity index (χ3n) is 10.9. The second-order valence-electron chi connectivity index (χ2n) is 14.6. The van der Waals surface area contributed by atoms with Crippen molar-refractivity contribution in [2.24, 2.45) is 0 Å². The number of hydrogen-bond acceptors (Lipinski definition) is 0. The van der Waals surface area contributed by atoms with Crippen molar-refractivity contribution < 1.29 is 44.8 Å². The van der Waals surface area contributed by atoms with Gasteiger partial charge >= 0.3 is 44.8 Å². The minimum absolute atomic E-state index is 0. The van der Waals surface area contributed by atoms with E-state index in [1.165, 1.54) is 44.3 Å². The molecule has 306 valence electrons. The first-order valence-corrected chi connectivity index (χ1v) is 23.7. The van der Waals surface area contributed by atoms with E-state index in [-0.39, 0.29) is 44.8 Å². The fraction of sp³-hybridized carbons (Fsp3) is 0.0345. The van der Waals surface area contributed by atoms with E-state index in [2.05, 4.69) is 170 Å². The van der Waals surface area contributed by atoms with Crippen LogP contribution < -0.4 is 21.2 Å². The van der Waals surface area contributed by atoms with Crippen molar-refractivity contribution in [1.29, 1.82) is 0 Å². The minimum atomic E-state index is -0.783. The summed E-state index contributed by atoms with van der Waals surface area (Å²) in [7, 11) is -1.57. The molecule has 10 aromatic carbocycles. The fourth-order valence-electron chi connectivity index (χ4n) is 8.02. The number of hydrogen-bond donors (Lipinski definition) is 0. The molecule has 0 heterocycles. The Morgan fingerprint density at radius 3 is 0.984 bits per heavy atom. The predicted molar refractivity (Wildman–Crippen MR) is 266 cm³/mol. The first-order valence-electron chi connectivity index (χ1n) is 20.3. The van der Waals surface area contributed by atoms with Crippen molar-refractivity contribution >= 4 is 80.2 Å². The first-order chi connectivity index (χ1) is 29.7. The maximum Gasteiger partial charge on any atom is 1.00 e. The molecule has 0 nitrogen and oxygen atoms in total. The quantitative estimate of drug-likeness (QED) is 0.0373. The molecule has 0 atom stereocenters. The zero-order valence-electron chi connectivity index (χ0n) is 34.0. The van der Waals surface area contributed by atoms with Crippen LogP contribution in [-0.2, 0) is 44.8 Å². The van der Waals surface area contributed by atoms with E-state index in [0.29, 0.717) is 0 Å². The van der Waals surface area contributed by atoms with E-state index in [0.717, 1.165) is 43.4 Å². The normalized spacial score (nSPS) is 10.4. The summed E-state index contributed by atoms with van der Waals surface area (Å²) in [5, 5.41) is 15.3. The molecule has 62 heavy (non-hydrogen) atoms. The molecule has 0 radical (unpaired) electrons. The van der Waals surface area contributed by atoms with Crippen molar-refractivity contribution in [3.8, 4) is 11.8 Å². The molecular formula is C58H44Au2P2+2. The van der Waals surface area contributed by atoms with Gasteiger partial charge in [-0.15, -0.1) is 17.2 Å². The fourth-order valence-corrected chi connectivity index (χ4v) is 14.2. The van der Waals surface area contributed by atoms with Gasteiger partial charge in [-0.05, 0) is 81.5 Å². The van der Waals surface area contributed by atoms with E-state index < -0.39 is 15.8 Å². The van der Waals surface area contributed by atoms with Gasteiger partial charge in [0.15, 0.2) is 0 Å². The summed E-state index contributed by atoms with van der Waals surface area (Å²) in [5.41, 5.74) is 1.74. The van der Waals surface area contributed by atoms with Crippen LogP contribution in [0.2, 0.25) is 0 Å². The summed E-state index contributed by atoms with van der Waals surface area (Å²) in [4.78, 5) is 0. The molecule has 0 amide bonds. The maximum atomic E-state index is 7.46. The van der Waals surface area contributed by atoms with Crippen LogP contribution >= 0.6 is 15.8 Å². The molecule has 0 aliphatic carbocycles. The second kappa shape index (κ2) is 23.2. The van der Waals surface area contributed by atoms with Crippen molar-refractivity contribution in [1.82, 2.24) is 0 Å². The summed E-state index contributed by atoms with van der Waals surface area (Å²) < 4.78 is 0. The third-order valence-corrected chi connectivity index (χ3v) is 17.0. The van der Waals surface area contributed by atoms with Crippen molar-refractivity contribution in [3.05, 3.63) is 254 Å². The smallest absolute Gasteiger partial charge is 0.366 e. The molecule has 0 N–H and O–H groups in total. The van der Waals surface area contributed by atoms with Crippen LogP contribution in [-0.4, -0.2) is 12.3 Å². The molecular weight excluding hydrogens is 1150 g/mol. The Hall–Kier alpha value is -5.30. The average molecular weight is 1200 g/mol. The van der Waals surface area contributed by atoms with Gasteiger partial charge in [0.2, 0.25) is 0 Å². The van der Waals surface area contributed by atoms with Gasteiger partial charge in [0, 0.05) is 0 Å². The standard InChI is InChI=1S/C26H24P2.2C16H9.2Au/c1-5-13-23(14-6-1)27(24-15-7-2-8-16-24)21-22-28(25-17-9-3-10-18-25)26-19-11-4-12-20-26;1-2-14-15-9-5-3-7-12(15)11-13-8-4-6-10-16(13)14;1-2-12-11-13-7-3-4-9-15(13)16-10-6-5-8-14(12)16;;/h1-20H,21-22H2;2*3-11H;;/q;2*-1;2*+1/p+2. The van der Waals surface area contributed by atoms with E-state index in [1.54, 1.807) is 0 Å². The van der Waals surface area contributed by atoms with Crippen LogP contribution in [0, 0.1) is 24.7 Å². The second-order valence-corrected chi connectivity index (χ2v) is 19.8. The van der Waals surface area contributed by atoms with Gasteiger partial charge in [-0.3, -0.25) is 11.8 Å². The van der Waals surface area contributed by atoms with Gasteiger partial charge in [-0.1, -0.05) is 186 Å². The zero-order valence-corrected chi connectivity index (χ0v) is 40.3. The van der Waals surface area contributed by atoms with Gasteiger partial charge in [-0.2, -0.15) is 0 Å². The Labute approximate surface area is 400 Å². The van der Waals surface area contributed by atoms with Crippen LogP contribution in [0.25, 0.3) is 43.1 Å². The molecule has 0 unspecified atom stereocenters. The van der Waals surface area contributed by atoms with Crippen LogP contribution in [0.3, 0.4) is 0 Å². The molecule has 0 aliphatic heterocycles. The molecule has 0 aromatic heterocycles. The summed E-state index contributed by atoms with van der Waals surface area (Å²) in [6.07, 6.45) is 17.3. The molecule has 10 rings (SSSR count). The van der Waals surface area contributed by atoms with Crippen LogP contribution in [0.15, 0.2) is 231 Å². The van der Waals surface area contributed by atoms with Crippen molar-refractivity contribution in [2.75, 3.05) is 12.3 Å². The number of benzene rings is 10. The van der Waals surface area contributed by atoms with E-state index in [9.17, 15) is 0 Å². The van der Waals surface area contributed by atoms with Crippen LogP contribution in [0.4, 0.5) is 0 Å². The van der Waals surface area contributed by atoms with Crippen LogP contribution in [0.5, 0.6) is 0 Å². The third kappa shape index (κ3) is 11.0. The summed E-state index contributed by atoms with van der Waals surface area (Å²) in [6, 6.07) is 81.4. The molecule has 0 bridgehead atoms. The summed E-state index contributed by atoms with van der Waals surface area (Å²) in [5.74, 6) is 5.08. The predicted octanol–water partition coefficient (Wildman–Crippen LogP) is 12.6. The number of fused-ring (bicyclic) bond motifs is 5. The summed E-state index contributed by atoms with van der Waals surface area (Å²) in [6.45, 7) is 0. The minimum Gasteiger partial charge on any atom is -0.366 e. The maximum absolute atomic E-state index is 7.46. The van der Waals surface area contributed by atoms with Gasteiger partial charge in [0.25, 0.3) is 0 Å². The molecule has 10 aromatic rings. The number of rotatable bonds is 7. The van der Waals surface area contributed by atoms with E-state index >= 15 is 0 Å².